The third-order valence-corrected chi connectivity index (χ3v) is 3.61. The third kappa shape index (κ3) is 1.54. The van der Waals surface area contributed by atoms with E-state index in [1.807, 2.05) is 12.1 Å². The summed E-state index contributed by atoms with van der Waals surface area (Å²) in [5.74, 6) is -0.228. The second-order valence-electron chi connectivity index (χ2n) is 4.61. The van der Waals surface area contributed by atoms with Crippen molar-refractivity contribution in [2.75, 3.05) is 24.7 Å². The summed E-state index contributed by atoms with van der Waals surface area (Å²) in [5, 5.41) is 5.97. The maximum atomic E-state index is 12.7. The predicted molar refractivity (Wildman–Crippen MR) is 78.8 cm³/mol. The molecule has 0 radical (unpaired) electrons. The largest absolute Gasteiger partial charge is 0.388 e. The van der Waals surface area contributed by atoms with E-state index in [4.69, 9.17) is 0 Å². The number of benzene rings is 2. The molecule has 0 amide bonds. The van der Waals surface area contributed by atoms with E-state index in [1.165, 1.54) is 0 Å². The first kappa shape index (κ1) is 12.4. The van der Waals surface area contributed by atoms with E-state index in [0.717, 1.165) is 0 Å². The van der Waals surface area contributed by atoms with Gasteiger partial charge in [-0.05, 0) is 12.1 Å². The van der Waals surface area contributed by atoms with Crippen molar-refractivity contribution in [1.82, 2.24) is 0 Å². The summed E-state index contributed by atoms with van der Waals surface area (Å²) in [5.41, 5.74) is 3.18. The molecule has 20 heavy (non-hydrogen) atoms. The number of ketones is 2. The maximum Gasteiger partial charge on any atom is 0.196 e. The fourth-order valence-electron chi connectivity index (χ4n) is 2.64. The number of anilines is 2. The highest BCUT2D eigenvalue weighted by atomic mass is 16.1. The number of hydrogen-bond acceptors (Lipinski definition) is 4. The van der Waals surface area contributed by atoms with Crippen LogP contribution in [-0.4, -0.2) is 25.7 Å². The third-order valence-electron chi connectivity index (χ3n) is 3.61. The lowest BCUT2D eigenvalue weighted by molar-refractivity contribution is 0.0980. The van der Waals surface area contributed by atoms with Gasteiger partial charge in [-0.3, -0.25) is 9.59 Å². The summed E-state index contributed by atoms with van der Waals surface area (Å²) in [7, 11) is 3.49. The molecular weight excluding hydrogens is 252 g/mol. The van der Waals surface area contributed by atoms with Crippen molar-refractivity contribution in [3.05, 3.63) is 58.7 Å². The molecule has 0 saturated carbocycles. The molecule has 2 aromatic rings. The zero-order valence-electron chi connectivity index (χ0n) is 11.3. The van der Waals surface area contributed by atoms with Gasteiger partial charge in [-0.2, -0.15) is 0 Å². The van der Waals surface area contributed by atoms with Crippen molar-refractivity contribution in [3.8, 4) is 0 Å². The van der Waals surface area contributed by atoms with Crippen LogP contribution in [0.1, 0.15) is 31.8 Å². The van der Waals surface area contributed by atoms with Gasteiger partial charge in [0.15, 0.2) is 11.6 Å². The van der Waals surface area contributed by atoms with Gasteiger partial charge in [0.25, 0.3) is 0 Å². The molecule has 0 bridgehead atoms. The van der Waals surface area contributed by atoms with Gasteiger partial charge in [0, 0.05) is 36.6 Å². The SMILES string of the molecule is CNc1ccc(NC)c2c1C(=O)c1ccccc1C2=O. The van der Waals surface area contributed by atoms with E-state index in [9.17, 15) is 9.59 Å². The zero-order valence-corrected chi connectivity index (χ0v) is 11.3. The molecular formula is C16H14N2O2. The van der Waals surface area contributed by atoms with E-state index in [2.05, 4.69) is 10.6 Å². The van der Waals surface area contributed by atoms with Crippen molar-refractivity contribution < 1.29 is 9.59 Å². The molecule has 3 rings (SSSR count). The Bertz CT molecular complexity index is 673. The highest BCUT2D eigenvalue weighted by Gasteiger charge is 2.33. The average molecular weight is 266 g/mol. The Hall–Kier alpha value is -2.62. The van der Waals surface area contributed by atoms with Crippen LogP contribution in [0.4, 0.5) is 11.4 Å². The highest BCUT2D eigenvalue weighted by molar-refractivity contribution is 6.31. The summed E-state index contributed by atoms with van der Waals surface area (Å²) in [6.45, 7) is 0. The van der Waals surface area contributed by atoms with Gasteiger partial charge in [0.1, 0.15) is 0 Å². The molecule has 4 heteroatoms. The van der Waals surface area contributed by atoms with E-state index in [0.29, 0.717) is 33.6 Å². The molecule has 100 valence electrons. The number of hydrogen-bond donors (Lipinski definition) is 2. The number of carbonyl (C=O) groups excluding carboxylic acids is 2. The molecule has 0 aromatic heterocycles. The monoisotopic (exact) mass is 266 g/mol. The smallest absolute Gasteiger partial charge is 0.196 e. The topological polar surface area (TPSA) is 58.2 Å². The maximum absolute atomic E-state index is 12.7. The van der Waals surface area contributed by atoms with E-state index < -0.39 is 0 Å². The second-order valence-corrected chi connectivity index (χ2v) is 4.61. The van der Waals surface area contributed by atoms with Crippen LogP contribution in [0, 0.1) is 0 Å². The van der Waals surface area contributed by atoms with Crippen LogP contribution < -0.4 is 10.6 Å². The van der Waals surface area contributed by atoms with Crippen LogP contribution in [0.25, 0.3) is 0 Å². The quantitative estimate of drug-likeness (QED) is 0.748. The minimum Gasteiger partial charge on any atom is -0.388 e. The molecule has 0 unspecified atom stereocenters. The second kappa shape index (κ2) is 4.49. The van der Waals surface area contributed by atoms with E-state index >= 15 is 0 Å². The van der Waals surface area contributed by atoms with Crippen LogP contribution in [0.2, 0.25) is 0 Å². The Kier molecular flexibility index (Phi) is 2.79. The lowest BCUT2D eigenvalue weighted by Crippen LogP contribution is -2.23. The Morgan fingerprint density at radius 1 is 0.700 bits per heavy atom. The van der Waals surface area contributed by atoms with Crippen LogP contribution in [-0.2, 0) is 0 Å². The molecule has 1 aliphatic carbocycles. The normalized spacial score (nSPS) is 12.7. The van der Waals surface area contributed by atoms with Gasteiger partial charge in [-0.25, -0.2) is 0 Å². The molecule has 4 nitrogen and oxygen atoms in total. The number of carbonyl (C=O) groups is 2. The Labute approximate surface area is 116 Å². The average Bonchev–Trinajstić information content (AvgIpc) is 2.51. The molecule has 1 aliphatic rings. The van der Waals surface area contributed by atoms with Crippen LogP contribution in [0.5, 0.6) is 0 Å². The van der Waals surface area contributed by atoms with Crippen LogP contribution in [0.15, 0.2) is 36.4 Å². The van der Waals surface area contributed by atoms with E-state index in [-0.39, 0.29) is 11.6 Å². The molecule has 0 aliphatic heterocycles. The molecule has 0 atom stereocenters. The number of nitrogens with one attached hydrogen (secondary N) is 2. The lowest BCUT2D eigenvalue weighted by Gasteiger charge is -2.22. The molecule has 0 fully saturated rings. The minimum absolute atomic E-state index is 0.114. The van der Waals surface area contributed by atoms with Gasteiger partial charge >= 0.3 is 0 Å². The molecule has 0 saturated heterocycles. The van der Waals surface area contributed by atoms with Crippen molar-refractivity contribution in [3.63, 3.8) is 0 Å². The van der Waals surface area contributed by atoms with Gasteiger partial charge in [0.2, 0.25) is 0 Å². The van der Waals surface area contributed by atoms with Gasteiger partial charge in [-0.15, -0.1) is 0 Å². The fraction of sp³-hybridized carbons (Fsp3) is 0.125. The standard InChI is InChI=1S/C16H14N2O2/c1-17-11-7-8-12(18-2)14-13(11)15(19)9-5-3-4-6-10(9)16(14)20/h3-8,17-18H,1-2H3. The summed E-state index contributed by atoms with van der Waals surface area (Å²) in [4.78, 5) is 25.4. The fourth-order valence-corrected chi connectivity index (χ4v) is 2.64. The van der Waals surface area contributed by atoms with Crippen LogP contribution in [0.3, 0.4) is 0 Å². The van der Waals surface area contributed by atoms with Crippen molar-refractivity contribution >= 4 is 22.9 Å². The van der Waals surface area contributed by atoms with Gasteiger partial charge < -0.3 is 10.6 Å². The first-order valence-corrected chi connectivity index (χ1v) is 6.40. The molecule has 2 N–H and O–H groups in total. The van der Waals surface area contributed by atoms with Crippen molar-refractivity contribution in [2.24, 2.45) is 0 Å². The van der Waals surface area contributed by atoms with Crippen molar-refractivity contribution in [1.29, 1.82) is 0 Å². The predicted octanol–water partition coefficient (Wildman–Crippen LogP) is 2.55. The highest BCUT2D eigenvalue weighted by Crippen LogP contribution is 2.35. The summed E-state index contributed by atoms with van der Waals surface area (Å²) in [6.07, 6.45) is 0. The Balaban J connectivity index is 2.37. The zero-order chi connectivity index (χ0) is 14.3. The Morgan fingerprint density at radius 3 is 1.45 bits per heavy atom. The van der Waals surface area contributed by atoms with E-state index in [1.54, 1.807) is 38.4 Å². The number of fused-ring (bicyclic) bond motifs is 2. The Morgan fingerprint density at radius 2 is 1.10 bits per heavy atom. The van der Waals surface area contributed by atoms with Gasteiger partial charge in [-0.1, -0.05) is 24.3 Å². The first-order valence-electron chi connectivity index (χ1n) is 6.40. The molecule has 0 spiro atoms. The van der Waals surface area contributed by atoms with Crippen molar-refractivity contribution in [2.45, 2.75) is 0 Å². The summed E-state index contributed by atoms with van der Waals surface area (Å²) in [6, 6.07) is 10.6. The van der Waals surface area contributed by atoms with Crippen LogP contribution >= 0.6 is 0 Å². The number of rotatable bonds is 2. The molecule has 2 aromatic carbocycles. The summed E-state index contributed by atoms with van der Waals surface area (Å²) < 4.78 is 0. The van der Waals surface area contributed by atoms with Gasteiger partial charge in [0.05, 0.1) is 11.1 Å². The lowest BCUT2D eigenvalue weighted by atomic mass is 9.82. The first-order chi connectivity index (χ1) is 9.69. The minimum atomic E-state index is -0.114. The summed E-state index contributed by atoms with van der Waals surface area (Å²) >= 11 is 0. The molecule has 0 heterocycles.